The molecule has 0 aliphatic carbocycles. The number of ether oxygens (including phenoxy) is 1. The molecular weight excluding hydrogens is 300 g/mol. The summed E-state index contributed by atoms with van der Waals surface area (Å²) in [6.07, 6.45) is 0.269. The fourth-order valence-electron chi connectivity index (χ4n) is 1.95. The van der Waals surface area contributed by atoms with Crippen LogP contribution in [0.1, 0.15) is 12.5 Å². The van der Waals surface area contributed by atoms with Crippen molar-refractivity contribution in [2.45, 2.75) is 13.0 Å². The van der Waals surface area contributed by atoms with Crippen LogP contribution in [0.15, 0.2) is 22.7 Å². The molecule has 1 aromatic rings. The Morgan fingerprint density at radius 1 is 1.59 bits per heavy atom. The number of hydrogen-bond acceptors (Lipinski definition) is 3. The molecule has 1 saturated heterocycles. The molecule has 92 valence electrons. The van der Waals surface area contributed by atoms with Gasteiger partial charge in [0.05, 0.1) is 18.4 Å². The van der Waals surface area contributed by atoms with Crippen LogP contribution in [-0.4, -0.2) is 30.8 Å². The molecule has 1 aliphatic rings. The molecular formula is C12H15BrN2OS. The standard InChI is InChI=1S/C12H15BrN2OS/c1-8-7-15(4-5-16-8)11-3-2-9(12(14)17)6-10(11)13/h2-3,6,8H,4-5,7H2,1H3,(H2,14,17). The molecule has 2 N–H and O–H groups in total. The number of rotatable bonds is 2. The maximum atomic E-state index is 5.61. The van der Waals surface area contributed by atoms with E-state index in [1.807, 2.05) is 12.1 Å². The fourth-order valence-corrected chi connectivity index (χ4v) is 2.71. The van der Waals surface area contributed by atoms with Crippen molar-refractivity contribution in [1.29, 1.82) is 0 Å². The molecule has 1 unspecified atom stereocenters. The minimum Gasteiger partial charge on any atom is -0.389 e. The first-order valence-electron chi connectivity index (χ1n) is 5.54. The summed E-state index contributed by atoms with van der Waals surface area (Å²) in [4.78, 5) is 2.73. The molecule has 17 heavy (non-hydrogen) atoms. The van der Waals surface area contributed by atoms with E-state index in [-0.39, 0.29) is 6.10 Å². The number of thiocarbonyl (C=S) groups is 1. The Bertz CT molecular complexity index is 439. The molecule has 5 heteroatoms. The Morgan fingerprint density at radius 3 is 2.94 bits per heavy atom. The van der Waals surface area contributed by atoms with Gasteiger partial charge in [-0.3, -0.25) is 0 Å². The molecule has 0 radical (unpaired) electrons. The predicted octanol–water partition coefficient (Wildman–Crippen LogP) is 2.31. The van der Waals surface area contributed by atoms with E-state index in [2.05, 4.69) is 33.8 Å². The summed E-state index contributed by atoms with van der Waals surface area (Å²) in [6.45, 7) is 4.68. The molecule has 0 bridgehead atoms. The van der Waals surface area contributed by atoms with E-state index in [4.69, 9.17) is 22.7 Å². The number of benzene rings is 1. The van der Waals surface area contributed by atoms with Crippen molar-refractivity contribution in [3.63, 3.8) is 0 Å². The van der Waals surface area contributed by atoms with Crippen LogP contribution in [-0.2, 0) is 4.74 Å². The number of morpholine rings is 1. The maximum Gasteiger partial charge on any atom is 0.104 e. The molecule has 2 rings (SSSR count). The number of nitrogens with zero attached hydrogens (tertiary/aromatic N) is 1. The first-order chi connectivity index (χ1) is 8.08. The van der Waals surface area contributed by atoms with Crippen molar-refractivity contribution in [3.8, 4) is 0 Å². The van der Waals surface area contributed by atoms with Crippen LogP contribution in [0.4, 0.5) is 5.69 Å². The highest BCUT2D eigenvalue weighted by Crippen LogP contribution is 2.28. The van der Waals surface area contributed by atoms with Crippen LogP contribution in [0, 0.1) is 0 Å². The van der Waals surface area contributed by atoms with Gasteiger partial charge < -0.3 is 15.4 Å². The highest BCUT2D eigenvalue weighted by atomic mass is 79.9. The van der Waals surface area contributed by atoms with Gasteiger partial charge in [0.1, 0.15) is 4.99 Å². The minimum atomic E-state index is 0.269. The maximum absolute atomic E-state index is 5.61. The molecule has 0 saturated carbocycles. The number of anilines is 1. The summed E-state index contributed by atoms with van der Waals surface area (Å²) in [5.74, 6) is 0. The average molecular weight is 315 g/mol. The Hall–Kier alpha value is -0.650. The second-order valence-corrected chi connectivity index (χ2v) is 5.45. The van der Waals surface area contributed by atoms with Crippen molar-refractivity contribution >= 4 is 38.8 Å². The van der Waals surface area contributed by atoms with Crippen molar-refractivity contribution in [2.75, 3.05) is 24.6 Å². The smallest absolute Gasteiger partial charge is 0.104 e. The predicted molar refractivity (Wildman–Crippen MR) is 77.7 cm³/mol. The van der Waals surface area contributed by atoms with Crippen LogP contribution in [0.3, 0.4) is 0 Å². The lowest BCUT2D eigenvalue weighted by Crippen LogP contribution is -2.41. The van der Waals surface area contributed by atoms with E-state index in [9.17, 15) is 0 Å². The van der Waals surface area contributed by atoms with Crippen molar-refractivity contribution < 1.29 is 4.74 Å². The van der Waals surface area contributed by atoms with E-state index in [0.717, 1.165) is 29.7 Å². The van der Waals surface area contributed by atoms with Crippen LogP contribution in [0.2, 0.25) is 0 Å². The summed E-state index contributed by atoms with van der Waals surface area (Å²) in [7, 11) is 0. The first-order valence-corrected chi connectivity index (χ1v) is 6.74. The van der Waals surface area contributed by atoms with Crippen LogP contribution in [0.5, 0.6) is 0 Å². The molecule has 1 heterocycles. The molecule has 0 aromatic heterocycles. The zero-order valence-electron chi connectivity index (χ0n) is 9.65. The lowest BCUT2D eigenvalue weighted by Gasteiger charge is -2.33. The number of hydrogen-bond donors (Lipinski definition) is 1. The summed E-state index contributed by atoms with van der Waals surface area (Å²) in [5.41, 5.74) is 7.66. The third-order valence-electron chi connectivity index (χ3n) is 2.81. The molecule has 0 spiro atoms. The van der Waals surface area contributed by atoms with E-state index < -0.39 is 0 Å². The Labute approximate surface area is 115 Å². The van der Waals surface area contributed by atoms with Crippen molar-refractivity contribution in [2.24, 2.45) is 5.73 Å². The highest BCUT2D eigenvalue weighted by molar-refractivity contribution is 9.10. The quantitative estimate of drug-likeness (QED) is 0.850. The molecule has 1 atom stereocenters. The lowest BCUT2D eigenvalue weighted by atomic mass is 10.1. The summed E-state index contributed by atoms with van der Waals surface area (Å²) < 4.78 is 6.56. The summed E-state index contributed by atoms with van der Waals surface area (Å²) in [5, 5.41) is 0. The van der Waals surface area contributed by atoms with Gasteiger partial charge in [0, 0.05) is 23.1 Å². The van der Waals surface area contributed by atoms with Gasteiger partial charge in [-0.05, 0) is 41.1 Å². The Kier molecular flexibility index (Phi) is 4.01. The Morgan fingerprint density at radius 2 is 2.35 bits per heavy atom. The first kappa shape index (κ1) is 12.8. The van der Waals surface area contributed by atoms with E-state index in [0.29, 0.717) is 4.99 Å². The second kappa shape index (κ2) is 5.33. The third-order valence-corrected chi connectivity index (χ3v) is 3.68. The molecule has 1 aromatic carbocycles. The van der Waals surface area contributed by atoms with Gasteiger partial charge in [0.2, 0.25) is 0 Å². The van der Waals surface area contributed by atoms with E-state index >= 15 is 0 Å². The van der Waals surface area contributed by atoms with Gasteiger partial charge in [-0.1, -0.05) is 12.2 Å². The zero-order chi connectivity index (χ0) is 12.4. The summed E-state index contributed by atoms with van der Waals surface area (Å²) in [6, 6.07) is 5.98. The largest absolute Gasteiger partial charge is 0.389 e. The average Bonchev–Trinajstić information content (AvgIpc) is 2.28. The van der Waals surface area contributed by atoms with Crippen molar-refractivity contribution in [1.82, 2.24) is 0 Å². The Balaban J connectivity index is 2.23. The lowest BCUT2D eigenvalue weighted by molar-refractivity contribution is 0.0532. The topological polar surface area (TPSA) is 38.5 Å². The zero-order valence-corrected chi connectivity index (χ0v) is 12.1. The second-order valence-electron chi connectivity index (χ2n) is 4.16. The molecule has 3 nitrogen and oxygen atoms in total. The van der Waals surface area contributed by atoms with Crippen molar-refractivity contribution in [3.05, 3.63) is 28.2 Å². The van der Waals surface area contributed by atoms with Gasteiger partial charge in [0.15, 0.2) is 0 Å². The number of nitrogens with two attached hydrogens (primary N) is 1. The monoisotopic (exact) mass is 314 g/mol. The molecule has 0 amide bonds. The van der Waals surface area contributed by atoms with Gasteiger partial charge in [-0.25, -0.2) is 0 Å². The third kappa shape index (κ3) is 2.97. The molecule has 1 fully saturated rings. The van der Waals surface area contributed by atoms with Gasteiger partial charge >= 0.3 is 0 Å². The SMILES string of the molecule is CC1CN(c2ccc(C(N)=S)cc2Br)CCO1. The van der Waals surface area contributed by atoms with Gasteiger partial charge in [-0.15, -0.1) is 0 Å². The minimum absolute atomic E-state index is 0.269. The van der Waals surface area contributed by atoms with E-state index in [1.165, 1.54) is 5.69 Å². The number of halogens is 1. The summed E-state index contributed by atoms with van der Waals surface area (Å²) >= 11 is 8.54. The van der Waals surface area contributed by atoms with Crippen LogP contribution >= 0.6 is 28.1 Å². The van der Waals surface area contributed by atoms with Gasteiger partial charge in [0.25, 0.3) is 0 Å². The molecule has 1 aliphatic heterocycles. The van der Waals surface area contributed by atoms with E-state index in [1.54, 1.807) is 0 Å². The normalized spacial score (nSPS) is 20.4. The van der Waals surface area contributed by atoms with Gasteiger partial charge in [-0.2, -0.15) is 0 Å². The highest BCUT2D eigenvalue weighted by Gasteiger charge is 2.18. The fraction of sp³-hybridized carbons (Fsp3) is 0.417. The van der Waals surface area contributed by atoms with Crippen LogP contribution in [0.25, 0.3) is 0 Å². The van der Waals surface area contributed by atoms with Crippen LogP contribution < -0.4 is 10.6 Å².